The van der Waals surface area contributed by atoms with E-state index in [-0.39, 0.29) is 12.4 Å². The monoisotopic (exact) mass is 228 g/mol. The molecule has 0 amide bonds. The van der Waals surface area contributed by atoms with E-state index in [2.05, 4.69) is 15.9 Å². The number of rotatable bonds is 4. The van der Waals surface area contributed by atoms with E-state index in [0.717, 1.165) is 0 Å². The summed E-state index contributed by atoms with van der Waals surface area (Å²) in [5, 5.41) is 0. The van der Waals surface area contributed by atoms with Crippen molar-refractivity contribution in [3.05, 3.63) is 35.9 Å². The summed E-state index contributed by atoms with van der Waals surface area (Å²) in [4.78, 5) is 11.3. The van der Waals surface area contributed by atoms with Crippen LogP contribution in [0.4, 0.5) is 0 Å². The lowest BCUT2D eigenvalue weighted by molar-refractivity contribution is 0.0835. The average Bonchev–Trinajstić information content (AvgIpc) is 2.15. The first kappa shape index (κ1) is 9.42. The van der Waals surface area contributed by atoms with Gasteiger partial charge >= 0.3 is 0 Å². The molecule has 0 atom stereocenters. The lowest BCUT2D eigenvalue weighted by Gasteiger charge is -1.98. The summed E-state index contributed by atoms with van der Waals surface area (Å²) >= 11 is 3.08. The molecule has 1 aromatic carbocycles. The fourth-order valence-electron chi connectivity index (χ4n) is 0.839. The number of Topliss-reactive ketones (excluding diaryl/α,β-unsaturated/α-hetero) is 1. The van der Waals surface area contributed by atoms with Gasteiger partial charge in [-0.15, -0.1) is 0 Å². The van der Waals surface area contributed by atoms with Crippen LogP contribution in [0.25, 0.3) is 0 Å². The van der Waals surface area contributed by atoms with Gasteiger partial charge in [0, 0.05) is 5.56 Å². The van der Waals surface area contributed by atoms with Gasteiger partial charge in [-0.2, -0.15) is 0 Å². The predicted octanol–water partition coefficient (Wildman–Crippen LogP) is 2.24. The Labute approximate surface area is 79.7 Å². The lowest BCUT2D eigenvalue weighted by atomic mass is 10.1. The van der Waals surface area contributed by atoms with Crippen molar-refractivity contribution in [3.8, 4) is 0 Å². The van der Waals surface area contributed by atoms with Crippen molar-refractivity contribution in [1.82, 2.24) is 0 Å². The highest BCUT2D eigenvalue weighted by atomic mass is 79.9. The molecule has 1 rings (SSSR count). The van der Waals surface area contributed by atoms with Crippen LogP contribution < -0.4 is 0 Å². The molecule has 0 saturated carbocycles. The summed E-state index contributed by atoms with van der Waals surface area (Å²) in [6, 6.07) is 9.10. The van der Waals surface area contributed by atoms with Crippen molar-refractivity contribution < 1.29 is 9.53 Å². The molecule has 0 N–H and O–H groups in total. The van der Waals surface area contributed by atoms with Gasteiger partial charge in [0.25, 0.3) is 0 Å². The molecule has 2 nitrogen and oxygen atoms in total. The van der Waals surface area contributed by atoms with Gasteiger partial charge in [-0.3, -0.25) is 4.79 Å². The second kappa shape index (κ2) is 5.06. The number of ether oxygens (including phenoxy) is 1. The molecule has 64 valence electrons. The summed E-state index contributed by atoms with van der Waals surface area (Å²) < 4.78 is 4.92. The zero-order chi connectivity index (χ0) is 8.81. The fourth-order valence-corrected chi connectivity index (χ4v) is 1.00. The third-order valence-corrected chi connectivity index (χ3v) is 1.73. The summed E-state index contributed by atoms with van der Waals surface area (Å²) in [5.41, 5.74) is 1.09. The SMILES string of the molecule is O=C(COCBr)c1ccccc1. The second-order valence-electron chi connectivity index (χ2n) is 2.25. The molecule has 0 radical (unpaired) electrons. The van der Waals surface area contributed by atoms with Crippen molar-refractivity contribution in [2.75, 3.05) is 12.1 Å². The van der Waals surface area contributed by atoms with Gasteiger partial charge in [0.15, 0.2) is 5.78 Å². The zero-order valence-corrected chi connectivity index (χ0v) is 8.08. The predicted molar refractivity (Wildman–Crippen MR) is 50.5 cm³/mol. The van der Waals surface area contributed by atoms with Crippen LogP contribution in [0.5, 0.6) is 0 Å². The Morgan fingerprint density at radius 1 is 1.33 bits per heavy atom. The van der Waals surface area contributed by atoms with Gasteiger partial charge in [0.05, 0.1) is 0 Å². The maximum atomic E-state index is 11.3. The summed E-state index contributed by atoms with van der Waals surface area (Å²) in [6.45, 7) is 0.134. The van der Waals surface area contributed by atoms with E-state index in [1.54, 1.807) is 12.1 Å². The van der Waals surface area contributed by atoms with Gasteiger partial charge in [0.2, 0.25) is 0 Å². The molecule has 0 bridgehead atoms. The number of benzene rings is 1. The van der Waals surface area contributed by atoms with Crippen molar-refractivity contribution >= 4 is 21.7 Å². The molecule has 0 spiro atoms. The van der Waals surface area contributed by atoms with Crippen molar-refractivity contribution in [2.24, 2.45) is 0 Å². The summed E-state index contributed by atoms with van der Waals surface area (Å²) in [6.07, 6.45) is 0. The Morgan fingerprint density at radius 2 is 2.00 bits per heavy atom. The molecule has 0 heterocycles. The molecule has 0 fully saturated rings. The molecule has 1 aromatic rings. The topological polar surface area (TPSA) is 26.3 Å². The number of carbonyl (C=O) groups is 1. The fraction of sp³-hybridized carbons (Fsp3) is 0.222. The van der Waals surface area contributed by atoms with Crippen LogP contribution in [0.15, 0.2) is 30.3 Å². The van der Waals surface area contributed by atoms with Gasteiger partial charge in [-0.1, -0.05) is 46.3 Å². The van der Waals surface area contributed by atoms with Crippen LogP contribution >= 0.6 is 15.9 Å². The van der Waals surface area contributed by atoms with Crippen molar-refractivity contribution in [1.29, 1.82) is 0 Å². The molecule has 0 saturated heterocycles. The second-order valence-corrected chi connectivity index (χ2v) is 2.70. The van der Waals surface area contributed by atoms with Crippen LogP contribution in [0, 0.1) is 0 Å². The van der Waals surface area contributed by atoms with Gasteiger partial charge in [-0.25, -0.2) is 0 Å². The van der Waals surface area contributed by atoms with E-state index in [4.69, 9.17) is 4.74 Å². The van der Waals surface area contributed by atoms with E-state index in [9.17, 15) is 4.79 Å². The molecule has 0 aliphatic carbocycles. The van der Waals surface area contributed by atoms with E-state index in [1.807, 2.05) is 18.2 Å². The first-order valence-electron chi connectivity index (χ1n) is 3.56. The number of ketones is 1. The number of hydrogen-bond acceptors (Lipinski definition) is 2. The minimum absolute atomic E-state index is 0.00931. The minimum atomic E-state index is 0.00931. The summed E-state index contributed by atoms with van der Waals surface area (Å²) in [5.74, 6) is 0.00931. The maximum absolute atomic E-state index is 11.3. The molecule has 3 heteroatoms. The smallest absolute Gasteiger partial charge is 0.188 e. The lowest BCUT2D eigenvalue weighted by Crippen LogP contribution is -2.07. The molecule has 0 unspecified atom stereocenters. The van der Waals surface area contributed by atoms with E-state index in [1.165, 1.54) is 0 Å². The number of halogens is 1. The number of hydrogen-bond donors (Lipinski definition) is 0. The normalized spacial score (nSPS) is 9.75. The Morgan fingerprint density at radius 3 is 2.58 bits per heavy atom. The Hall–Kier alpha value is -0.670. The molecular weight excluding hydrogens is 220 g/mol. The maximum Gasteiger partial charge on any atom is 0.188 e. The third kappa shape index (κ3) is 2.75. The molecule has 0 aliphatic heterocycles. The van der Waals surface area contributed by atoms with Crippen molar-refractivity contribution in [3.63, 3.8) is 0 Å². The number of alkyl halides is 1. The Bertz CT molecular complexity index is 246. The standard InChI is InChI=1S/C9H9BrO2/c10-7-12-6-9(11)8-4-2-1-3-5-8/h1-5H,6-7H2. The zero-order valence-electron chi connectivity index (χ0n) is 6.50. The quantitative estimate of drug-likeness (QED) is 0.584. The Kier molecular flexibility index (Phi) is 3.97. The first-order chi connectivity index (χ1) is 5.84. The van der Waals surface area contributed by atoms with E-state index >= 15 is 0 Å². The molecule has 12 heavy (non-hydrogen) atoms. The molecular formula is C9H9BrO2. The molecule has 0 aliphatic rings. The van der Waals surface area contributed by atoms with E-state index < -0.39 is 0 Å². The van der Waals surface area contributed by atoms with Crippen molar-refractivity contribution in [2.45, 2.75) is 0 Å². The highest BCUT2D eigenvalue weighted by Gasteiger charge is 2.03. The highest BCUT2D eigenvalue weighted by Crippen LogP contribution is 2.00. The van der Waals surface area contributed by atoms with Crippen LogP contribution in [0.3, 0.4) is 0 Å². The summed E-state index contributed by atoms with van der Waals surface area (Å²) in [7, 11) is 0. The van der Waals surface area contributed by atoms with Crippen LogP contribution in [-0.4, -0.2) is 17.9 Å². The molecule has 0 aromatic heterocycles. The highest BCUT2D eigenvalue weighted by molar-refractivity contribution is 9.09. The van der Waals surface area contributed by atoms with Crippen LogP contribution in [-0.2, 0) is 4.74 Å². The third-order valence-electron chi connectivity index (χ3n) is 1.41. The van der Waals surface area contributed by atoms with Crippen LogP contribution in [0.1, 0.15) is 10.4 Å². The van der Waals surface area contributed by atoms with Gasteiger partial charge < -0.3 is 4.74 Å². The van der Waals surface area contributed by atoms with Gasteiger partial charge in [0.1, 0.15) is 12.1 Å². The first-order valence-corrected chi connectivity index (χ1v) is 4.68. The average molecular weight is 229 g/mol. The largest absolute Gasteiger partial charge is 0.362 e. The Balaban J connectivity index is 2.54. The van der Waals surface area contributed by atoms with Gasteiger partial charge in [-0.05, 0) is 0 Å². The van der Waals surface area contributed by atoms with E-state index in [0.29, 0.717) is 11.1 Å². The number of carbonyl (C=O) groups excluding carboxylic acids is 1. The minimum Gasteiger partial charge on any atom is -0.362 e. The van der Waals surface area contributed by atoms with Crippen LogP contribution in [0.2, 0.25) is 0 Å².